The second-order valence-corrected chi connectivity index (χ2v) is 12.5. The maximum atomic E-state index is 14.3. The predicted octanol–water partition coefficient (Wildman–Crippen LogP) is 8.37. The Bertz CT molecular complexity index is 1430. The molecule has 6 heteroatoms. The molecule has 3 heterocycles. The number of aromatic carboxylic acids is 1. The Hall–Kier alpha value is -3.82. The second kappa shape index (κ2) is 19.0. The quantitative estimate of drug-likeness (QED) is 0.0753. The Labute approximate surface area is 277 Å². The summed E-state index contributed by atoms with van der Waals surface area (Å²) in [5.74, 6) is -0.880. The van der Waals surface area contributed by atoms with Crippen molar-refractivity contribution in [1.29, 1.82) is 0 Å². The van der Waals surface area contributed by atoms with Crippen LogP contribution < -0.4 is 0 Å². The molecule has 0 aliphatic carbocycles. The van der Waals surface area contributed by atoms with Crippen LogP contribution in [0, 0.1) is 12.8 Å². The fourth-order valence-corrected chi connectivity index (χ4v) is 7.01. The lowest BCUT2D eigenvalue weighted by molar-refractivity contribution is -0.129. The van der Waals surface area contributed by atoms with Gasteiger partial charge in [-0.3, -0.25) is 4.79 Å². The average molecular weight is 626 g/mol. The first-order valence-corrected chi connectivity index (χ1v) is 17.2. The molecule has 0 unspecified atom stereocenters. The van der Waals surface area contributed by atoms with Crippen molar-refractivity contribution in [3.8, 4) is 12.8 Å². The van der Waals surface area contributed by atoms with Gasteiger partial charge in [0.05, 0.1) is 12.1 Å². The van der Waals surface area contributed by atoms with Gasteiger partial charge in [0.25, 0.3) is 5.91 Å². The van der Waals surface area contributed by atoms with Crippen molar-refractivity contribution in [3.63, 3.8) is 0 Å². The molecular weight excluding hydrogens is 570 g/mol. The fourth-order valence-electron chi connectivity index (χ4n) is 7.01. The van der Waals surface area contributed by atoms with Crippen molar-refractivity contribution in [1.82, 2.24) is 14.4 Å². The largest absolute Gasteiger partial charge is 0.478 e. The molecule has 2 aromatic rings. The number of carbonyl (C=O) groups excluding carboxylic acids is 1. The number of rotatable bonds is 14. The molecule has 2 aliphatic rings. The van der Waals surface area contributed by atoms with E-state index in [2.05, 4.69) is 48.0 Å². The van der Waals surface area contributed by atoms with Gasteiger partial charge >= 0.3 is 5.97 Å². The molecule has 46 heavy (non-hydrogen) atoms. The van der Waals surface area contributed by atoms with E-state index in [0.29, 0.717) is 18.2 Å². The minimum atomic E-state index is -0.941. The number of terminal acetylenes is 1. The highest BCUT2D eigenvalue weighted by Crippen LogP contribution is 2.32. The molecular formula is C40H55N3O3. The SMILES string of the molecule is C#C.C=C(/C=C\C)/C=C(\Cn1c(C/C=C\C)c(CCCCCC)c2ccc(C(=O)O)cc21)C(=O)N1CCC(N2CCCCC2)CC1. The topological polar surface area (TPSA) is 65.8 Å². The molecule has 2 fully saturated rings. The van der Waals surface area contributed by atoms with Crippen LogP contribution in [-0.2, 0) is 24.2 Å². The van der Waals surface area contributed by atoms with Crippen molar-refractivity contribution < 1.29 is 14.7 Å². The highest BCUT2D eigenvalue weighted by atomic mass is 16.4. The number of amides is 1. The Morgan fingerprint density at radius 3 is 2.35 bits per heavy atom. The number of aryl methyl sites for hydroxylation is 1. The summed E-state index contributed by atoms with van der Waals surface area (Å²) in [7, 11) is 0. The van der Waals surface area contributed by atoms with Crippen molar-refractivity contribution in [2.45, 2.75) is 104 Å². The van der Waals surface area contributed by atoms with Gasteiger partial charge in [0.15, 0.2) is 0 Å². The van der Waals surface area contributed by atoms with Crippen LogP contribution in [0.25, 0.3) is 10.9 Å². The predicted molar refractivity (Wildman–Crippen MR) is 192 cm³/mol. The van der Waals surface area contributed by atoms with E-state index in [-0.39, 0.29) is 11.5 Å². The molecule has 2 saturated heterocycles. The van der Waals surface area contributed by atoms with Gasteiger partial charge in [0, 0.05) is 47.7 Å². The van der Waals surface area contributed by atoms with Crippen LogP contribution in [0.1, 0.15) is 100 Å². The average Bonchev–Trinajstić information content (AvgIpc) is 3.37. The lowest BCUT2D eigenvalue weighted by Crippen LogP contribution is -2.48. The molecule has 1 amide bonds. The second-order valence-electron chi connectivity index (χ2n) is 12.5. The Balaban J connectivity index is 0.00000282. The highest BCUT2D eigenvalue weighted by molar-refractivity contribution is 5.97. The minimum Gasteiger partial charge on any atom is -0.478 e. The maximum Gasteiger partial charge on any atom is 0.335 e. The molecule has 0 saturated carbocycles. The Morgan fingerprint density at radius 2 is 1.72 bits per heavy atom. The summed E-state index contributed by atoms with van der Waals surface area (Å²) >= 11 is 0. The van der Waals surface area contributed by atoms with Crippen molar-refractivity contribution in [3.05, 3.63) is 83.1 Å². The molecule has 248 valence electrons. The van der Waals surface area contributed by atoms with E-state index in [1.54, 1.807) is 12.1 Å². The number of fused-ring (bicyclic) bond motifs is 1. The van der Waals surface area contributed by atoms with Crippen LogP contribution in [-0.4, -0.2) is 63.6 Å². The van der Waals surface area contributed by atoms with E-state index in [1.807, 2.05) is 43.0 Å². The Morgan fingerprint density at radius 1 is 1.00 bits per heavy atom. The smallest absolute Gasteiger partial charge is 0.335 e. The van der Waals surface area contributed by atoms with E-state index in [1.165, 1.54) is 57.2 Å². The van der Waals surface area contributed by atoms with E-state index in [0.717, 1.165) is 67.4 Å². The fraction of sp³-hybridized carbons (Fsp3) is 0.500. The number of hydrogen-bond donors (Lipinski definition) is 1. The van der Waals surface area contributed by atoms with Gasteiger partial charge in [-0.15, -0.1) is 12.8 Å². The number of hydrogen-bond acceptors (Lipinski definition) is 3. The molecule has 0 spiro atoms. The van der Waals surface area contributed by atoms with Gasteiger partial charge < -0.3 is 19.5 Å². The van der Waals surface area contributed by atoms with Crippen molar-refractivity contribution in [2.24, 2.45) is 0 Å². The van der Waals surface area contributed by atoms with Gasteiger partial charge in [-0.25, -0.2) is 4.79 Å². The molecule has 6 nitrogen and oxygen atoms in total. The summed E-state index contributed by atoms with van der Waals surface area (Å²) in [6, 6.07) is 6.04. The zero-order valence-corrected chi connectivity index (χ0v) is 28.5. The summed E-state index contributed by atoms with van der Waals surface area (Å²) in [6.07, 6.45) is 30.3. The zero-order chi connectivity index (χ0) is 33.5. The summed E-state index contributed by atoms with van der Waals surface area (Å²) in [5.41, 5.74) is 5.07. The first-order chi connectivity index (χ1) is 22.4. The van der Waals surface area contributed by atoms with Gasteiger partial charge in [0.2, 0.25) is 0 Å². The summed E-state index contributed by atoms with van der Waals surface area (Å²) in [6.45, 7) is 14.7. The number of carboxylic acids is 1. The number of carbonyl (C=O) groups is 2. The molecule has 0 radical (unpaired) electrons. The van der Waals surface area contributed by atoms with Gasteiger partial charge in [-0.1, -0.05) is 69.6 Å². The van der Waals surface area contributed by atoms with E-state index < -0.39 is 5.97 Å². The lowest BCUT2D eigenvalue weighted by Gasteiger charge is -2.40. The number of nitrogens with zero attached hydrogens (tertiary/aromatic N) is 3. The van der Waals surface area contributed by atoms with E-state index in [9.17, 15) is 14.7 Å². The standard InChI is InChI=1S/C38H53N3O3.C2H2/c1-5-8-10-12-16-33-34-19-18-30(38(43)44)27-36(34)41(35(33)17-9-6-2)28-31(26-29(4)15-7-3)37(42)40-24-20-32(21-25-40)39-22-13-11-14-23-39;1-2/h6-7,9,15,18-19,26-27,32H,4-5,8,10-14,16-17,20-25,28H2,1-3H3,(H,43,44);1-2H/b9-6-,15-7-,31-26+;. The van der Waals surface area contributed by atoms with Crippen LogP contribution in [0.15, 0.2) is 66.3 Å². The monoisotopic (exact) mass is 625 g/mol. The number of benzene rings is 1. The zero-order valence-electron chi connectivity index (χ0n) is 28.5. The number of carboxylic acid groups (broad SMARTS) is 1. The highest BCUT2D eigenvalue weighted by Gasteiger charge is 2.29. The van der Waals surface area contributed by atoms with Crippen molar-refractivity contribution in [2.75, 3.05) is 26.2 Å². The molecule has 2 aliphatic heterocycles. The third kappa shape index (κ3) is 9.59. The molecule has 1 aromatic carbocycles. The molecule has 0 atom stereocenters. The first-order valence-electron chi connectivity index (χ1n) is 17.2. The normalized spacial score (nSPS) is 16.6. The van der Waals surface area contributed by atoms with Gasteiger partial charge in [-0.05, 0) is 94.8 Å². The number of piperidine rings is 2. The molecule has 4 rings (SSSR count). The number of aromatic nitrogens is 1. The third-order valence-corrected chi connectivity index (χ3v) is 9.36. The lowest BCUT2D eigenvalue weighted by atomic mass is 9.99. The van der Waals surface area contributed by atoms with Gasteiger partial charge in [0.1, 0.15) is 0 Å². The van der Waals surface area contributed by atoms with Crippen LogP contribution >= 0.6 is 0 Å². The minimum absolute atomic E-state index is 0.0606. The van der Waals surface area contributed by atoms with E-state index in [4.69, 9.17) is 0 Å². The summed E-state index contributed by atoms with van der Waals surface area (Å²) < 4.78 is 2.21. The number of likely N-dealkylation sites (tertiary alicyclic amines) is 2. The third-order valence-electron chi connectivity index (χ3n) is 9.36. The number of unbranched alkanes of at least 4 members (excludes halogenated alkanes) is 3. The van der Waals surface area contributed by atoms with Gasteiger partial charge in [-0.2, -0.15) is 0 Å². The Kier molecular flexibility index (Phi) is 15.1. The maximum absolute atomic E-state index is 14.3. The summed E-state index contributed by atoms with van der Waals surface area (Å²) in [4.78, 5) is 31.0. The van der Waals surface area contributed by atoms with Crippen LogP contribution in [0.4, 0.5) is 0 Å². The van der Waals surface area contributed by atoms with Crippen LogP contribution in [0.5, 0.6) is 0 Å². The summed E-state index contributed by atoms with van der Waals surface area (Å²) in [5, 5.41) is 11.0. The number of allylic oxidation sites excluding steroid dienone is 6. The van der Waals surface area contributed by atoms with Crippen LogP contribution in [0.3, 0.4) is 0 Å². The van der Waals surface area contributed by atoms with E-state index >= 15 is 0 Å². The van der Waals surface area contributed by atoms with Crippen molar-refractivity contribution >= 4 is 22.8 Å². The molecule has 0 bridgehead atoms. The van der Waals surface area contributed by atoms with Crippen LogP contribution in [0.2, 0.25) is 0 Å². The molecule has 1 N–H and O–H groups in total. The molecule has 1 aromatic heterocycles. The first kappa shape index (κ1) is 36.6.